The van der Waals surface area contributed by atoms with Crippen molar-refractivity contribution >= 4 is 41.5 Å². The van der Waals surface area contributed by atoms with Gasteiger partial charge >= 0.3 is 11.9 Å². The van der Waals surface area contributed by atoms with E-state index in [9.17, 15) is 44.0 Å². The summed E-state index contributed by atoms with van der Waals surface area (Å²) in [5.41, 5.74) is 7.83. The largest absolute Gasteiger partial charge is 0.480 e. The maximum atomic E-state index is 13.3. The maximum Gasteiger partial charge on any atom is 0.343 e. The number of nitrogens with one attached hydrogen (secondary N) is 5. The first kappa shape index (κ1) is 38.4. The third-order valence-corrected chi connectivity index (χ3v) is 6.77. The molecule has 0 aliphatic heterocycles. The smallest absolute Gasteiger partial charge is 0.343 e. The SMILES string of the molecule is NC(=NCCC[C@H](NC(=O)[C@H](Cc1ccc(OC(=O)c2ccccc2)cc1)NC(=O)CNC(=O)CNC(=O)[C]1[CH][CH][CH][CH]1)C(=O)O)N[N+](=O)[O-]. The number of benzene rings is 2. The Labute approximate surface area is 286 Å². The average Bonchev–Trinajstić information content (AvgIpc) is 3.63. The summed E-state index contributed by atoms with van der Waals surface area (Å²) in [7, 11) is 0. The Morgan fingerprint density at radius 3 is 2.18 bits per heavy atom. The third kappa shape index (κ3) is 13.6. The molecule has 5 radical (unpaired) electrons. The van der Waals surface area contributed by atoms with Crippen LogP contribution in [-0.2, 0) is 30.4 Å². The molecule has 18 heteroatoms. The molecule has 0 bridgehead atoms. The van der Waals surface area contributed by atoms with Gasteiger partial charge in [-0.25, -0.2) is 24.7 Å². The van der Waals surface area contributed by atoms with Crippen LogP contribution < -0.4 is 37.2 Å². The van der Waals surface area contributed by atoms with Crippen LogP contribution in [0.1, 0.15) is 28.8 Å². The van der Waals surface area contributed by atoms with E-state index in [0.29, 0.717) is 17.0 Å². The predicted octanol–water partition coefficient (Wildman–Crippen LogP) is -0.984. The number of carboxylic acid groups (broad SMARTS) is 1. The highest BCUT2D eigenvalue weighted by atomic mass is 16.7. The molecule has 0 unspecified atom stereocenters. The number of nitro groups is 1. The van der Waals surface area contributed by atoms with E-state index < -0.39 is 71.7 Å². The Hall–Kier alpha value is -6.07. The average molecular weight is 692 g/mol. The number of ether oxygens (including phenoxy) is 1. The van der Waals surface area contributed by atoms with Crippen molar-refractivity contribution in [1.29, 1.82) is 0 Å². The summed E-state index contributed by atoms with van der Waals surface area (Å²) in [5, 5.41) is 28.8. The molecule has 1 fully saturated rings. The van der Waals surface area contributed by atoms with E-state index in [-0.39, 0.29) is 31.6 Å². The number of hydrazine groups is 1. The topological polar surface area (TPSA) is 274 Å². The number of nitrogens with two attached hydrogens (primary N) is 1. The number of esters is 1. The molecule has 2 aromatic carbocycles. The molecule has 0 heterocycles. The number of carbonyl (C=O) groups excluding carboxylic acids is 5. The van der Waals surface area contributed by atoms with Crippen molar-refractivity contribution < 1.29 is 43.6 Å². The number of carboxylic acids is 1. The van der Waals surface area contributed by atoms with Crippen LogP contribution in [0.5, 0.6) is 5.75 Å². The van der Waals surface area contributed by atoms with Gasteiger partial charge in [-0.3, -0.25) is 19.2 Å². The molecule has 8 N–H and O–H groups in total. The van der Waals surface area contributed by atoms with Crippen LogP contribution in [0.2, 0.25) is 0 Å². The molecule has 3 rings (SSSR count). The summed E-state index contributed by atoms with van der Waals surface area (Å²) in [6.07, 6.45) is 6.25. The Morgan fingerprint density at radius 2 is 1.54 bits per heavy atom. The molecule has 263 valence electrons. The molecule has 0 saturated heterocycles. The first-order valence-electron chi connectivity index (χ1n) is 15.1. The minimum Gasteiger partial charge on any atom is -0.480 e. The minimum absolute atomic E-state index is 0.0753. The number of nitrogens with zero attached hydrogens (tertiary/aromatic N) is 2. The first-order valence-corrected chi connectivity index (χ1v) is 15.1. The maximum absolute atomic E-state index is 13.3. The van der Waals surface area contributed by atoms with Gasteiger partial charge in [0.25, 0.3) is 5.96 Å². The molecule has 2 atom stereocenters. The van der Waals surface area contributed by atoms with Gasteiger partial charge in [0.15, 0.2) is 5.03 Å². The first-order chi connectivity index (χ1) is 23.9. The van der Waals surface area contributed by atoms with Gasteiger partial charge in [0, 0.05) is 13.0 Å². The van der Waals surface area contributed by atoms with Crippen LogP contribution >= 0.6 is 0 Å². The van der Waals surface area contributed by atoms with Gasteiger partial charge in [0.05, 0.1) is 24.6 Å². The van der Waals surface area contributed by atoms with E-state index in [1.54, 1.807) is 73.6 Å². The van der Waals surface area contributed by atoms with E-state index in [0.717, 1.165) is 0 Å². The fraction of sp³-hybridized carbons (Fsp3) is 0.250. The van der Waals surface area contributed by atoms with Gasteiger partial charge < -0.3 is 36.8 Å². The number of amides is 4. The van der Waals surface area contributed by atoms with Crippen LogP contribution in [0.25, 0.3) is 0 Å². The fourth-order valence-electron chi connectivity index (χ4n) is 4.31. The Kier molecular flexibility index (Phi) is 15.1. The molecule has 1 saturated carbocycles. The number of rotatable bonds is 18. The predicted molar refractivity (Wildman–Crippen MR) is 175 cm³/mol. The number of aliphatic imine (C=N–C) groups is 1. The molecule has 4 amide bonds. The lowest BCUT2D eigenvalue weighted by molar-refractivity contribution is -0.525. The molecule has 1 aliphatic carbocycles. The van der Waals surface area contributed by atoms with Crippen molar-refractivity contribution in [3.05, 3.63) is 107 Å². The molecule has 1 aliphatic rings. The van der Waals surface area contributed by atoms with E-state index >= 15 is 0 Å². The number of aliphatic carboxylic acids is 1. The second-order valence-electron chi connectivity index (χ2n) is 10.5. The number of hydrogen-bond acceptors (Lipinski definition) is 10. The molecular formula is C32H35N8O10. The van der Waals surface area contributed by atoms with Crippen LogP contribution in [0.15, 0.2) is 59.6 Å². The molecule has 50 heavy (non-hydrogen) atoms. The fourth-order valence-corrected chi connectivity index (χ4v) is 4.31. The zero-order valence-electron chi connectivity index (χ0n) is 26.5. The van der Waals surface area contributed by atoms with Gasteiger partial charge in [0.2, 0.25) is 23.6 Å². The van der Waals surface area contributed by atoms with Crippen molar-refractivity contribution in [1.82, 2.24) is 26.7 Å². The van der Waals surface area contributed by atoms with Gasteiger partial charge in [-0.15, -0.1) is 0 Å². The van der Waals surface area contributed by atoms with Gasteiger partial charge in [0.1, 0.15) is 17.8 Å². The lowest BCUT2D eigenvalue weighted by Crippen LogP contribution is -2.54. The van der Waals surface area contributed by atoms with Gasteiger partial charge in [-0.2, -0.15) is 0 Å². The van der Waals surface area contributed by atoms with E-state index in [4.69, 9.17) is 10.5 Å². The Balaban J connectivity index is 1.63. The Bertz CT molecular complexity index is 1550. The minimum atomic E-state index is -1.42. The highest BCUT2D eigenvalue weighted by Crippen LogP contribution is 2.22. The highest BCUT2D eigenvalue weighted by molar-refractivity contribution is 5.98. The normalized spacial score (nSPS) is 14.0. The summed E-state index contributed by atoms with van der Waals surface area (Å²) in [6.45, 7) is -1.07. The van der Waals surface area contributed by atoms with Gasteiger partial charge in [-0.1, -0.05) is 35.8 Å². The zero-order valence-corrected chi connectivity index (χ0v) is 26.5. The van der Waals surface area contributed by atoms with Crippen molar-refractivity contribution in [3.8, 4) is 5.75 Å². The molecule has 2 aromatic rings. The quantitative estimate of drug-likeness (QED) is 0.0189. The number of carbonyl (C=O) groups is 6. The van der Waals surface area contributed by atoms with Gasteiger partial charge in [-0.05, 0) is 68.4 Å². The second-order valence-corrected chi connectivity index (χ2v) is 10.5. The van der Waals surface area contributed by atoms with Crippen LogP contribution in [0, 0.1) is 41.7 Å². The summed E-state index contributed by atoms with van der Waals surface area (Å²) in [5.74, 6) is -4.69. The van der Waals surface area contributed by atoms with E-state index in [1.165, 1.54) is 12.1 Å². The van der Waals surface area contributed by atoms with Crippen LogP contribution in [-0.4, -0.2) is 83.4 Å². The molecule has 0 aromatic heterocycles. The van der Waals surface area contributed by atoms with Crippen LogP contribution in [0.4, 0.5) is 0 Å². The lowest BCUT2D eigenvalue weighted by atomic mass is 10.0. The van der Waals surface area contributed by atoms with Crippen molar-refractivity contribution in [2.75, 3.05) is 19.6 Å². The van der Waals surface area contributed by atoms with Crippen molar-refractivity contribution in [2.24, 2.45) is 10.7 Å². The lowest BCUT2D eigenvalue weighted by Gasteiger charge is -2.22. The van der Waals surface area contributed by atoms with E-state index in [2.05, 4.69) is 26.3 Å². The molecule has 18 nitrogen and oxygen atoms in total. The summed E-state index contributed by atoms with van der Waals surface area (Å²) in [4.78, 5) is 88.9. The van der Waals surface area contributed by atoms with Crippen molar-refractivity contribution in [2.45, 2.75) is 31.3 Å². The van der Waals surface area contributed by atoms with Crippen molar-refractivity contribution in [3.63, 3.8) is 0 Å². The number of hydrogen-bond donors (Lipinski definition) is 7. The van der Waals surface area contributed by atoms with E-state index in [1.807, 2.05) is 0 Å². The number of guanidine groups is 1. The standard InChI is InChI=1S/C32H35N8O10/c33-32(39-40(48)49)34-16-6-11-24(30(45)46)38-29(44)25(37-27(42)19-35-26(41)18-36-28(43)21-7-4-5-8-21)17-20-12-14-23(15-13-20)50-31(47)22-9-2-1-3-10-22/h1-5,7-10,12-15,24-25H,6,11,16-19H2,(H,35,41)(H,36,43)(H,37,42)(H,38,44)(H,45,46)(H3,33,34,39)/t24-,25-/m0/s1. The zero-order chi connectivity index (χ0) is 36.5. The monoisotopic (exact) mass is 691 g/mol. The second kappa shape index (κ2) is 19.7. The van der Waals surface area contributed by atoms with Crippen LogP contribution in [0.3, 0.4) is 0 Å². The summed E-state index contributed by atoms with van der Waals surface area (Å²) in [6, 6.07) is 11.6. The highest BCUT2D eigenvalue weighted by Gasteiger charge is 2.28. The Morgan fingerprint density at radius 1 is 0.880 bits per heavy atom. The molecule has 0 spiro atoms. The molecular weight excluding hydrogens is 656 g/mol. The third-order valence-electron chi connectivity index (χ3n) is 6.77. The summed E-state index contributed by atoms with van der Waals surface area (Å²) >= 11 is 0. The summed E-state index contributed by atoms with van der Waals surface area (Å²) < 4.78 is 5.37.